The van der Waals surface area contributed by atoms with E-state index in [0.29, 0.717) is 43.2 Å². The average Bonchev–Trinajstić information content (AvgIpc) is 2.90. The van der Waals surface area contributed by atoms with Gasteiger partial charge >= 0.3 is 0 Å². The molecule has 1 fully saturated rings. The Balaban J connectivity index is 1.72. The van der Waals surface area contributed by atoms with Crippen molar-refractivity contribution in [3.8, 4) is 0 Å². The highest BCUT2D eigenvalue weighted by atomic mass is 19.3. The molecular formula is C27H39F2N7O. The monoisotopic (exact) mass is 515 g/mol. The zero-order chi connectivity index (χ0) is 26.5. The van der Waals surface area contributed by atoms with Crippen LogP contribution < -0.4 is 27.0 Å². The van der Waals surface area contributed by atoms with E-state index in [1.807, 2.05) is 9.80 Å². The maximum Gasteiger partial charge on any atom is 0.264 e. The molecule has 1 aromatic rings. The predicted molar refractivity (Wildman–Crippen MR) is 145 cm³/mol. The van der Waals surface area contributed by atoms with Crippen molar-refractivity contribution >= 4 is 23.4 Å². The van der Waals surface area contributed by atoms with E-state index in [0.717, 1.165) is 61.3 Å². The van der Waals surface area contributed by atoms with Crippen molar-refractivity contribution in [1.82, 2.24) is 15.5 Å². The number of fused-ring (bicyclic) bond motifs is 1. The third kappa shape index (κ3) is 5.96. The Bertz CT molecular complexity index is 1080. The van der Waals surface area contributed by atoms with E-state index < -0.39 is 12.6 Å². The van der Waals surface area contributed by atoms with E-state index >= 15 is 0 Å². The molecule has 3 aliphatic rings. The SMILES string of the molecule is CN=C/C(=C\N)c1cc2c(cc1C(F)F)N(C(N)C1=C(NC3CCNCC3)CCN(C(C)=O)C1)CCC2. The fourth-order valence-corrected chi connectivity index (χ4v) is 5.63. The molecule has 1 unspecified atom stereocenters. The number of piperidine rings is 1. The second kappa shape index (κ2) is 12.0. The van der Waals surface area contributed by atoms with Gasteiger partial charge in [-0.25, -0.2) is 8.78 Å². The summed E-state index contributed by atoms with van der Waals surface area (Å²) >= 11 is 0. The van der Waals surface area contributed by atoms with Gasteiger partial charge in [0.15, 0.2) is 0 Å². The van der Waals surface area contributed by atoms with Crippen LogP contribution in [0.4, 0.5) is 14.5 Å². The minimum Gasteiger partial charge on any atom is -0.404 e. The highest BCUT2D eigenvalue weighted by Crippen LogP contribution is 2.38. The summed E-state index contributed by atoms with van der Waals surface area (Å²) in [5.41, 5.74) is 17.2. The molecule has 1 atom stereocenters. The number of nitrogens with zero attached hydrogens (tertiary/aromatic N) is 3. The van der Waals surface area contributed by atoms with Gasteiger partial charge in [-0.2, -0.15) is 0 Å². The van der Waals surface area contributed by atoms with Gasteiger partial charge in [-0.1, -0.05) is 0 Å². The van der Waals surface area contributed by atoms with Gasteiger partial charge in [0.05, 0.1) is 0 Å². The van der Waals surface area contributed by atoms with Crippen molar-refractivity contribution in [2.24, 2.45) is 16.5 Å². The predicted octanol–water partition coefficient (Wildman–Crippen LogP) is 2.51. The smallest absolute Gasteiger partial charge is 0.264 e. The zero-order valence-electron chi connectivity index (χ0n) is 21.8. The number of amides is 1. The van der Waals surface area contributed by atoms with Crippen LogP contribution in [0.5, 0.6) is 0 Å². The highest BCUT2D eigenvalue weighted by molar-refractivity contribution is 6.10. The van der Waals surface area contributed by atoms with Gasteiger partial charge in [0.1, 0.15) is 6.17 Å². The molecule has 3 heterocycles. The molecule has 0 spiro atoms. The number of aryl methyl sites for hydroxylation is 1. The van der Waals surface area contributed by atoms with Crippen molar-refractivity contribution in [2.45, 2.75) is 57.7 Å². The summed E-state index contributed by atoms with van der Waals surface area (Å²) in [5, 5.41) is 7.11. The van der Waals surface area contributed by atoms with E-state index in [1.165, 1.54) is 12.4 Å². The van der Waals surface area contributed by atoms with Crippen LogP contribution in [0.1, 0.15) is 55.7 Å². The van der Waals surface area contributed by atoms with Crippen molar-refractivity contribution in [3.63, 3.8) is 0 Å². The van der Waals surface area contributed by atoms with Crippen LogP contribution in [0.15, 0.2) is 34.6 Å². The normalized spacial score (nSPS) is 20.5. The Labute approximate surface area is 217 Å². The standard InChI is InChI=1S/C27H39F2N7O/c1-17(37)35-11-7-24(34-20-5-8-33-9-6-20)23(16-35)27(31)36-10-3-4-18-12-21(19(14-30)15-32-2)22(26(28)29)13-25(18)36/h12-15,20,26-27,33-34H,3-11,16,30-31H2,1-2H3/b19-14+,32-15?. The molecule has 0 aliphatic carbocycles. The van der Waals surface area contributed by atoms with Gasteiger partial charge in [0.25, 0.3) is 6.43 Å². The van der Waals surface area contributed by atoms with Crippen molar-refractivity contribution in [1.29, 1.82) is 0 Å². The first-order valence-electron chi connectivity index (χ1n) is 13.1. The molecule has 6 N–H and O–H groups in total. The number of allylic oxidation sites excluding steroid dienone is 1. The molecule has 0 aromatic heterocycles. The number of aliphatic imine (C=N–C) groups is 1. The molecule has 10 heteroatoms. The maximum atomic E-state index is 14.2. The number of rotatable bonds is 7. The number of carbonyl (C=O) groups excluding carboxylic acids is 1. The largest absolute Gasteiger partial charge is 0.404 e. The number of benzene rings is 1. The topological polar surface area (TPSA) is 112 Å². The lowest BCUT2D eigenvalue weighted by Crippen LogP contribution is -2.52. The van der Waals surface area contributed by atoms with Crippen LogP contribution in [0, 0.1) is 0 Å². The minimum absolute atomic E-state index is 0.00739. The van der Waals surface area contributed by atoms with E-state index in [1.54, 1.807) is 26.1 Å². The molecular weight excluding hydrogens is 476 g/mol. The molecule has 3 aliphatic heterocycles. The molecule has 1 saturated heterocycles. The number of anilines is 1. The first-order chi connectivity index (χ1) is 17.8. The molecule has 8 nitrogen and oxygen atoms in total. The Hall–Kier alpha value is -2.98. The fourth-order valence-electron chi connectivity index (χ4n) is 5.63. The Morgan fingerprint density at radius 1 is 1.24 bits per heavy atom. The maximum absolute atomic E-state index is 14.2. The fraction of sp³-hybridized carbons (Fsp3) is 0.556. The molecule has 4 rings (SSSR count). The number of hydrogen-bond acceptors (Lipinski definition) is 7. The highest BCUT2D eigenvalue weighted by Gasteiger charge is 2.32. The third-order valence-electron chi connectivity index (χ3n) is 7.64. The lowest BCUT2D eigenvalue weighted by molar-refractivity contribution is -0.128. The van der Waals surface area contributed by atoms with Crippen LogP contribution >= 0.6 is 0 Å². The number of alkyl halides is 2. The molecule has 0 bridgehead atoms. The molecule has 202 valence electrons. The van der Waals surface area contributed by atoms with Crippen LogP contribution in [-0.2, 0) is 11.2 Å². The minimum atomic E-state index is -2.68. The Morgan fingerprint density at radius 3 is 2.65 bits per heavy atom. The third-order valence-corrected chi connectivity index (χ3v) is 7.64. The molecule has 0 saturated carbocycles. The molecule has 0 radical (unpaired) electrons. The van der Waals surface area contributed by atoms with Gasteiger partial charge < -0.3 is 31.9 Å². The second-order valence-corrected chi connectivity index (χ2v) is 9.98. The summed E-state index contributed by atoms with van der Waals surface area (Å²) in [5.74, 6) is 0.00739. The van der Waals surface area contributed by atoms with E-state index in [2.05, 4.69) is 15.6 Å². The Kier molecular flexibility index (Phi) is 8.81. The second-order valence-electron chi connectivity index (χ2n) is 9.98. The van der Waals surface area contributed by atoms with Gasteiger partial charge in [0, 0.05) is 86.6 Å². The van der Waals surface area contributed by atoms with Gasteiger partial charge in [-0.05, 0) is 62.0 Å². The lowest BCUT2D eigenvalue weighted by atomic mass is 9.91. The van der Waals surface area contributed by atoms with E-state index in [-0.39, 0.29) is 11.5 Å². The van der Waals surface area contributed by atoms with Crippen LogP contribution in [0.3, 0.4) is 0 Å². The van der Waals surface area contributed by atoms with Crippen molar-refractivity contribution < 1.29 is 13.6 Å². The number of halogens is 2. The first-order valence-corrected chi connectivity index (χ1v) is 13.1. The molecule has 1 aromatic carbocycles. The van der Waals surface area contributed by atoms with Crippen molar-refractivity contribution in [2.75, 3.05) is 44.7 Å². The summed E-state index contributed by atoms with van der Waals surface area (Å²) in [6, 6.07) is 3.72. The average molecular weight is 516 g/mol. The summed E-state index contributed by atoms with van der Waals surface area (Å²) in [4.78, 5) is 20.1. The number of nitrogens with two attached hydrogens (primary N) is 2. The zero-order valence-corrected chi connectivity index (χ0v) is 21.8. The molecule has 37 heavy (non-hydrogen) atoms. The summed E-state index contributed by atoms with van der Waals surface area (Å²) in [6.07, 6.45) is 3.95. The number of hydrogen-bond donors (Lipinski definition) is 4. The van der Waals surface area contributed by atoms with Gasteiger partial charge in [-0.15, -0.1) is 0 Å². The number of carbonyl (C=O) groups is 1. The summed E-state index contributed by atoms with van der Waals surface area (Å²) < 4.78 is 28.5. The van der Waals surface area contributed by atoms with Crippen LogP contribution in [-0.4, -0.2) is 69.0 Å². The van der Waals surface area contributed by atoms with Gasteiger partial charge in [0.2, 0.25) is 5.91 Å². The van der Waals surface area contributed by atoms with Gasteiger partial charge in [-0.3, -0.25) is 9.79 Å². The van der Waals surface area contributed by atoms with E-state index in [9.17, 15) is 13.6 Å². The lowest BCUT2D eigenvalue weighted by Gasteiger charge is -2.42. The first kappa shape index (κ1) is 27.1. The quantitative estimate of drug-likeness (QED) is 0.415. The van der Waals surface area contributed by atoms with Crippen LogP contribution in [0.25, 0.3) is 5.57 Å². The van der Waals surface area contributed by atoms with E-state index in [4.69, 9.17) is 11.5 Å². The Morgan fingerprint density at radius 2 is 2.00 bits per heavy atom. The van der Waals surface area contributed by atoms with Crippen molar-refractivity contribution in [3.05, 3.63) is 46.3 Å². The summed E-state index contributed by atoms with van der Waals surface area (Å²) in [6.45, 7) is 5.22. The summed E-state index contributed by atoms with van der Waals surface area (Å²) in [7, 11) is 1.59. The number of nitrogens with one attached hydrogen (secondary N) is 2. The van der Waals surface area contributed by atoms with Crippen LogP contribution in [0.2, 0.25) is 0 Å². The molecule has 1 amide bonds.